The molecule has 0 radical (unpaired) electrons. The van der Waals surface area contributed by atoms with E-state index in [0.717, 1.165) is 5.75 Å². The number of carbonyl (C=O) groups excluding carboxylic acids is 1. The Bertz CT molecular complexity index is 461. The summed E-state index contributed by atoms with van der Waals surface area (Å²) in [7, 11) is 0. The Balaban J connectivity index is 2.02. The Morgan fingerprint density at radius 2 is 2.33 bits per heavy atom. The molecular weight excluding hydrogens is 272 g/mol. The van der Waals surface area contributed by atoms with Gasteiger partial charge in [-0.15, -0.1) is 11.3 Å². The van der Waals surface area contributed by atoms with Crippen LogP contribution in [-0.2, 0) is 0 Å². The van der Waals surface area contributed by atoms with E-state index in [1.807, 2.05) is 11.8 Å². The van der Waals surface area contributed by atoms with E-state index in [0.29, 0.717) is 23.3 Å². The minimum atomic E-state index is -1.02. The summed E-state index contributed by atoms with van der Waals surface area (Å²) in [6.45, 7) is 3.48. The molecule has 1 aromatic rings. The minimum absolute atomic E-state index is 0.146. The van der Waals surface area contributed by atoms with Gasteiger partial charge < -0.3 is 10.0 Å². The van der Waals surface area contributed by atoms with E-state index in [4.69, 9.17) is 5.11 Å². The largest absolute Gasteiger partial charge is 0.478 e. The predicted molar refractivity (Wildman–Crippen MR) is 73.8 cm³/mol. The second kappa shape index (κ2) is 5.62. The predicted octanol–water partition coefficient (Wildman–Crippen LogP) is 2.42. The topological polar surface area (TPSA) is 69.6 Å². The van der Waals surface area contributed by atoms with Crippen LogP contribution >= 0.6 is 23.1 Å². The number of carboxylic acids is 1. The maximum absolute atomic E-state index is 12.0. The Morgan fingerprint density at radius 1 is 1.56 bits per heavy atom. The van der Waals surface area contributed by atoms with Gasteiger partial charge >= 0.3 is 12.0 Å². The van der Waals surface area contributed by atoms with Crippen LogP contribution in [0.2, 0.25) is 0 Å². The average Bonchev–Trinajstić information content (AvgIpc) is 2.77. The van der Waals surface area contributed by atoms with Gasteiger partial charge in [-0.3, -0.25) is 5.32 Å². The van der Waals surface area contributed by atoms with Crippen LogP contribution in [0.15, 0.2) is 11.4 Å². The van der Waals surface area contributed by atoms with Gasteiger partial charge in [0.05, 0.1) is 5.56 Å². The molecule has 1 atom stereocenters. The molecule has 5 nitrogen and oxygen atoms in total. The monoisotopic (exact) mass is 286 g/mol. The van der Waals surface area contributed by atoms with Gasteiger partial charge in [-0.25, -0.2) is 9.59 Å². The summed E-state index contributed by atoms with van der Waals surface area (Å²) >= 11 is 3.07. The second-order valence-corrected chi connectivity index (χ2v) is 6.49. The lowest BCUT2D eigenvalue weighted by Crippen LogP contribution is -2.43. The maximum atomic E-state index is 12.0. The number of rotatable bonds is 2. The van der Waals surface area contributed by atoms with Crippen LogP contribution in [0.3, 0.4) is 0 Å². The molecule has 1 aliphatic heterocycles. The van der Waals surface area contributed by atoms with Crippen molar-refractivity contribution in [2.24, 2.45) is 0 Å². The summed E-state index contributed by atoms with van der Waals surface area (Å²) in [5.74, 6) is -0.0979. The van der Waals surface area contributed by atoms with E-state index < -0.39 is 5.97 Å². The van der Waals surface area contributed by atoms with E-state index in [-0.39, 0.29) is 11.6 Å². The molecule has 2 heterocycles. The van der Waals surface area contributed by atoms with E-state index >= 15 is 0 Å². The third kappa shape index (κ3) is 2.97. The number of nitrogens with one attached hydrogen (secondary N) is 1. The third-order valence-electron chi connectivity index (χ3n) is 2.64. The molecule has 18 heavy (non-hydrogen) atoms. The van der Waals surface area contributed by atoms with Crippen molar-refractivity contribution in [1.82, 2.24) is 4.90 Å². The van der Waals surface area contributed by atoms with Crippen LogP contribution in [-0.4, -0.2) is 46.1 Å². The lowest BCUT2D eigenvalue weighted by Gasteiger charge is -2.30. The first-order chi connectivity index (χ1) is 8.58. The van der Waals surface area contributed by atoms with Gasteiger partial charge in [-0.1, -0.05) is 6.92 Å². The van der Waals surface area contributed by atoms with Crippen molar-refractivity contribution in [3.05, 3.63) is 17.0 Å². The Labute approximate surface area is 113 Å². The van der Waals surface area contributed by atoms with E-state index in [9.17, 15) is 9.59 Å². The molecule has 0 bridgehead atoms. The van der Waals surface area contributed by atoms with Crippen LogP contribution in [0.4, 0.5) is 9.80 Å². The van der Waals surface area contributed by atoms with Crippen molar-refractivity contribution in [3.63, 3.8) is 0 Å². The van der Waals surface area contributed by atoms with Gasteiger partial charge in [0.25, 0.3) is 0 Å². The SMILES string of the molecule is CC1CN(C(=O)Nc2sccc2C(=O)O)CCS1. The van der Waals surface area contributed by atoms with Gasteiger partial charge in [-0.05, 0) is 11.4 Å². The van der Waals surface area contributed by atoms with Crippen LogP contribution in [0, 0.1) is 0 Å². The van der Waals surface area contributed by atoms with Gasteiger partial charge in [-0.2, -0.15) is 11.8 Å². The van der Waals surface area contributed by atoms with Crippen molar-refractivity contribution in [2.45, 2.75) is 12.2 Å². The van der Waals surface area contributed by atoms with Crippen molar-refractivity contribution < 1.29 is 14.7 Å². The normalized spacial score (nSPS) is 19.6. The van der Waals surface area contributed by atoms with E-state index in [1.54, 1.807) is 10.3 Å². The van der Waals surface area contributed by atoms with Gasteiger partial charge in [0.15, 0.2) is 0 Å². The summed E-state index contributed by atoms with van der Waals surface area (Å²) in [5, 5.41) is 14.1. The van der Waals surface area contributed by atoms with Crippen molar-refractivity contribution >= 4 is 40.1 Å². The summed E-state index contributed by atoms with van der Waals surface area (Å²) in [6, 6.07) is 1.28. The minimum Gasteiger partial charge on any atom is -0.478 e. The third-order valence-corrected chi connectivity index (χ3v) is 4.61. The standard InChI is InChI=1S/C11H14N2O3S2/c1-7-6-13(3-5-17-7)11(16)12-9-8(10(14)15)2-4-18-9/h2,4,7H,3,5-6H2,1H3,(H,12,16)(H,14,15). The second-order valence-electron chi connectivity index (χ2n) is 4.03. The molecule has 7 heteroatoms. The Morgan fingerprint density at radius 3 is 3.00 bits per heavy atom. The number of thiophene rings is 1. The molecule has 2 amide bonds. The summed E-state index contributed by atoms with van der Waals surface area (Å²) in [4.78, 5) is 24.7. The molecule has 0 saturated carbocycles. The molecule has 2 N–H and O–H groups in total. The first-order valence-electron chi connectivity index (χ1n) is 5.56. The first-order valence-corrected chi connectivity index (χ1v) is 7.49. The van der Waals surface area contributed by atoms with Gasteiger partial charge in [0, 0.05) is 24.1 Å². The smallest absolute Gasteiger partial charge is 0.338 e. The number of urea groups is 1. The highest BCUT2D eigenvalue weighted by molar-refractivity contribution is 7.99. The van der Waals surface area contributed by atoms with Gasteiger partial charge in [0.2, 0.25) is 0 Å². The Hall–Kier alpha value is -1.21. The number of hydrogen-bond acceptors (Lipinski definition) is 4. The number of aromatic carboxylic acids is 1. The number of anilines is 1. The summed E-state index contributed by atoms with van der Waals surface area (Å²) < 4.78 is 0. The van der Waals surface area contributed by atoms with Crippen LogP contribution in [0.25, 0.3) is 0 Å². The molecule has 98 valence electrons. The number of hydrogen-bond donors (Lipinski definition) is 2. The highest BCUT2D eigenvalue weighted by Crippen LogP contribution is 2.24. The first kappa shape index (κ1) is 13.2. The quantitative estimate of drug-likeness (QED) is 0.876. The number of nitrogens with zero attached hydrogens (tertiary/aromatic N) is 1. The van der Waals surface area contributed by atoms with Crippen LogP contribution in [0.5, 0.6) is 0 Å². The van der Waals surface area contributed by atoms with Crippen LogP contribution < -0.4 is 5.32 Å². The number of carboxylic acid groups (broad SMARTS) is 1. The molecule has 0 aromatic carbocycles. The summed E-state index contributed by atoms with van der Waals surface area (Å²) in [6.07, 6.45) is 0. The zero-order valence-electron chi connectivity index (χ0n) is 9.88. The van der Waals surface area contributed by atoms with Crippen LogP contribution in [0.1, 0.15) is 17.3 Å². The molecule has 0 aliphatic carbocycles. The molecule has 1 saturated heterocycles. The van der Waals surface area contributed by atoms with Gasteiger partial charge in [0.1, 0.15) is 5.00 Å². The fourth-order valence-electron chi connectivity index (χ4n) is 1.75. The highest BCUT2D eigenvalue weighted by atomic mass is 32.2. The zero-order valence-corrected chi connectivity index (χ0v) is 11.5. The molecule has 1 aliphatic rings. The zero-order chi connectivity index (χ0) is 13.1. The molecule has 1 aromatic heterocycles. The van der Waals surface area contributed by atoms with Crippen molar-refractivity contribution in [2.75, 3.05) is 24.2 Å². The maximum Gasteiger partial charge on any atom is 0.338 e. The van der Waals surface area contributed by atoms with E-state index in [1.165, 1.54) is 17.4 Å². The highest BCUT2D eigenvalue weighted by Gasteiger charge is 2.23. The molecule has 1 unspecified atom stereocenters. The fourth-order valence-corrected chi connectivity index (χ4v) is 3.54. The fraction of sp³-hybridized carbons (Fsp3) is 0.455. The average molecular weight is 286 g/mol. The van der Waals surface area contributed by atoms with Crippen molar-refractivity contribution in [1.29, 1.82) is 0 Å². The Kier molecular flexibility index (Phi) is 4.13. The lowest BCUT2D eigenvalue weighted by atomic mass is 10.3. The number of thioether (sulfide) groups is 1. The van der Waals surface area contributed by atoms with Crippen molar-refractivity contribution in [3.8, 4) is 0 Å². The lowest BCUT2D eigenvalue weighted by molar-refractivity contribution is 0.0698. The summed E-state index contributed by atoms with van der Waals surface area (Å²) in [5.41, 5.74) is 0.146. The molecule has 2 rings (SSSR count). The molecule has 0 spiro atoms. The number of amides is 2. The molecular formula is C11H14N2O3S2. The van der Waals surface area contributed by atoms with E-state index in [2.05, 4.69) is 12.2 Å². The molecule has 1 fully saturated rings. The number of carbonyl (C=O) groups is 2.